The molecule has 0 aliphatic heterocycles. The SMILES string of the molecule is CC1CC(C)CC(Oc2ccc(N)cc2C#N)C1. The van der Waals surface area contributed by atoms with E-state index in [1.165, 1.54) is 6.42 Å². The zero-order valence-electron chi connectivity index (χ0n) is 11.0. The molecule has 1 fully saturated rings. The van der Waals surface area contributed by atoms with Gasteiger partial charge in [-0.1, -0.05) is 13.8 Å². The van der Waals surface area contributed by atoms with Crippen LogP contribution in [0.2, 0.25) is 0 Å². The van der Waals surface area contributed by atoms with Gasteiger partial charge in [-0.15, -0.1) is 0 Å². The first kappa shape index (κ1) is 12.8. The van der Waals surface area contributed by atoms with Gasteiger partial charge < -0.3 is 10.5 Å². The summed E-state index contributed by atoms with van der Waals surface area (Å²) in [7, 11) is 0. The molecule has 2 atom stereocenters. The lowest BCUT2D eigenvalue weighted by Gasteiger charge is -2.31. The molecule has 1 aromatic carbocycles. The lowest BCUT2D eigenvalue weighted by atomic mass is 9.82. The van der Waals surface area contributed by atoms with Gasteiger partial charge in [0.2, 0.25) is 0 Å². The standard InChI is InChI=1S/C15H20N2O/c1-10-5-11(2)7-14(6-10)18-15-4-3-13(17)8-12(15)9-16/h3-4,8,10-11,14H,5-7,17H2,1-2H3. The van der Waals surface area contributed by atoms with E-state index in [1.807, 2.05) is 0 Å². The van der Waals surface area contributed by atoms with Crippen molar-refractivity contribution in [3.63, 3.8) is 0 Å². The van der Waals surface area contributed by atoms with Crippen LogP contribution in [0.5, 0.6) is 5.75 Å². The summed E-state index contributed by atoms with van der Waals surface area (Å²) in [6, 6.07) is 7.40. The summed E-state index contributed by atoms with van der Waals surface area (Å²) in [5, 5.41) is 9.09. The highest BCUT2D eigenvalue weighted by atomic mass is 16.5. The number of ether oxygens (including phenoxy) is 1. The van der Waals surface area contributed by atoms with E-state index in [9.17, 15) is 0 Å². The molecule has 2 unspecified atom stereocenters. The van der Waals surface area contributed by atoms with Gasteiger partial charge in [0, 0.05) is 5.69 Å². The fourth-order valence-electron chi connectivity index (χ4n) is 2.89. The van der Waals surface area contributed by atoms with E-state index in [-0.39, 0.29) is 6.10 Å². The number of nitriles is 1. The molecule has 2 N–H and O–H groups in total. The molecule has 0 aromatic heterocycles. The van der Waals surface area contributed by atoms with Crippen molar-refractivity contribution in [2.24, 2.45) is 11.8 Å². The third-order valence-electron chi connectivity index (χ3n) is 3.55. The number of benzene rings is 1. The van der Waals surface area contributed by atoms with Gasteiger partial charge >= 0.3 is 0 Å². The van der Waals surface area contributed by atoms with E-state index in [4.69, 9.17) is 15.7 Å². The van der Waals surface area contributed by atoms with E-state index in [2.05, 4.69) is 19.9 Å². The molecule has 1 aliphatic carbocycles. The number of nitrogens with zero attached hydrogens (tertiary/aromatic N) is 1. The molecule has 0 heterocycles. The Balaban J connectivity index is 2.12. The number of nitrogen functional groups attached to an aromatic ring is 1. The number of anilines is 1. The molecular formula is C15H20N2O. The zero-order chi connectivity index (χ0) is 13.1. The van der Waals surface area contributed by atoms with Crippen LogP contribution in [0.1, 0.15) is 38.7 Å². The van der Waals surface area contributed by atoms with Crippen LogP contribution in [-0.4, -0.2) is 6.10 Å². The Hall–Kier alpha value is -1.69. The first-order valence-corrected chi connectivity index (χ1v) is 6.54. The fourth-order valence-corrected chi connectivity index (χ4v) is 2.89. The molecule has 0 spiro atoms. The smallest absolute Gasteiger partial charge is 0.137 e. The van der Waals surface area contributed by atoms with E-state index in [1.54, 1.807) is 18.2 Å². The molecule has 1 saturated carbocycles. The second-order valence-corrected chi connectivity index (χ2v) is 5.52. The van der Waals surface area contributed by atoms with Gasteiger partial charge in [0.15, 0.2) is 0 Å². The third-order valence-corrected chi connectivity index (χ3v) is 3.55. The summed E-state index contributed by atoms with van der Waals surface area (Å²) in [6.07, 6.45) is 3.63. The molecule has 1 aromatic rings. The van der Waals surface area contributed by atoms with E-state index < -0.39 is 0 Å². The summed E-state index contributed by atoms with van der Waals surface area (Å²) in [5.74, 6) is 2.05. The highest BCUT2D eigenvalue weighted by Gasteiger charge is 2.25. The summed E-state index contributed by atoms with van der Waals surface area (Å²) < 4.78 is 6.00. The lowest BCUT2D eigenvalue weighted by Crippen LogP contribution is -2.28. The van der Waals surface area contributed by atoms with Crippen molar-refractivity contribution in [1.82, 2.24) is 0 Å². The van der Waals surface area contributed by atoms with Gasteiger partial charge in [-0.2, -0.15) is 5.26 Å². The quantitative estimate of drug-likeness (QED) is 0.812. The maximum Gasteiger partial charge on any atom is 0.137 e. The first-order chi connectivity index (χ1) is 8.58. The van der Waals surface area contributed by atoms with Crippen LogP contribution < -0.4 is 10.5 Å². The summed E-state index contributed by atoms with van der Waals surface area (Å²) in [4.78, 5) is 0. The summed E-state index contributed by atoms with van der Waals surface area (Å²) in [6.45, 7) is 4.53. The number of rotatable bonds is 2. The average molecular weight is 244 g/mol. The normalized spacial score (nSPS) is 27.5. The second-order valence-electron chi connectivity index (χ2n) is 5.52. The van der Waals surface area contributed by atoms with Gasteiger partial charge in [-0.05, 0) is 49.3 Å². The van der Waals surface area contributed by atoms with Crippen molar-refractivity contribution >= 4 is 5.69 Å². The molecule has 96 valence electrons. The Kier molecular flexibility index (Phi) is 3.76. The molecule has 0 radical (unpaired) electrons. The monoisotopic (exact) mass is 244 g/mol. The van der Waals surface area contributed by atoms with E-state index >= 15 is 0 Å². The van der Waals surface area contributed by atoms with Crippen molar-refractivity contribution in [1.29, 1.82) is 5.26 Å². The lowest BCUT2D eigenvalue weighted by molar-refractivity contribution is 0.101. The van der Waals surface area contributed by atoms with Crippen molar-refractivity contribution in [2.45, 2.75) is 39.2 Å². The van der Waals surface area contributed by atoms with Crippen LogP contribution in [0.15, 0.2) is 18.2 Å². The van der Waals surface area contributed by atoms with E-state index in [0.29, 0.717) is 28.8 Å². The van der Waals surface area contributed by atoms with E-state index in [0.717, 1.165) is 12.8 Å². The molecule has 3 nitrogen and oxygen atoms in total. The van der Waals surface area contributed by atoms with Crippen molar-refractivity contribution < 1.29 is 4.74 Å². The van der Waals surface area contributed by atoms with Crippen molar-refractivity contribution in [3.05, 3.63) is 23.8 Å². The number of nitrogens with two attached hydrogens (primary N) is 1. The Morgan fingerprint density at radius 1 is 1.22 bits per heavy atom. The minimum Gasteiger partial charge on any atom is -0.489 e. The third kappa shape index (κ3) is 2.95. The fraction of sp³-hybridized carbons (Fsp3) is 0.533. The molecular weight excluding hydrogens is 224 g/mol. The van der Waals surface area contributed by atoms with Crippen molar-refractivity contribution in [2.75, 3.05) is 5.73 Å². The van der Waals surface area contributed by atoms with Crippen LogP contribution in [0, 0.1) is 23.2 Å². The molecule has 18 heavy (non-hydrogen) atoms. The van der Waals surface area contributed by atoms with Gasteiger partial charge in [-0.3, -0.25) is 0 Å². The van der Waals surface area contributed by atoms with Crippen LogP contribution >= 0.6 is 0 Å². The van der Waals surface area contributed by atoms with Gasteiger partial charge in [-0.25, -0.2) is 0 Å². The maximum absolute atomic E-state index is 9.09. The molecule has 0 saturated heterocycles. The second kappa shape index (κ2) is 5.30. The average Bonchev–Trinajstić information content (AvgIpc) is 2.30. The first-order valence-electron chi connectivity index (χ1n) is 6.54. The van der Waals surface area contributed by atoms with Crippen LogP contribution in [0.25, 0.3) is 0 Å². The van der Waals surface area contributed by atoms with Crippen LogP contribution in [0.3, 0.4) is 0 Å². The predicted molar refractivity (Wildman–Crippen MR) is 72.2 cm³/mol. The van der Waals surface area contributed by atoms with Gasteiger partial charge in [0.05, 0.1) is 11.7 Å². The largest absolute Gasteiger partial charge is 0.489 e. The minimum atomic E-state index is 0.222. The Morgan fingerprint density at radius 2 is 1.89 bits per heavy atom. The molecule has 1 aliphatic rings. The summed E-state index contributed by atoms with van der Waals surface area (Å²) in [5.41, 5.74) is 6.80. The van der Waals surface area contributed by atoms with Gasteiger partial charge in [0.1, 0.15) is 11.8 Å². The topological polar surface area (TPSA) is 59.0 Å². The highest BCUT2D eigenvalue weighted by Crippen LogP contribution is 2.32. The molecule has 0 bridgehead atoms. The Morgan fingerprint density at radius 3 is 2.50 bits per heavy atom. The Bertz CT molecular complexity index is 454. The molecule has 2 rings (SSSR count). The highest BCUT2D eigenvalue weighted by molar-refractivity contribution is 5.53. The van der Waals surface area contributed by atoms with Crippen LogP contribution in [0.4, 0.5) is 5.69 Å². The van der Waals surface area contributed by atoms with Crippen LogP contribution in [-0.2, 0) is 0 Å². The minimum absolute atomic E-state index is 0.222. The maximum atomic E-state index is 9.09. The number of hydrogen-bond donors (Lipinski definition) is 1. The predicted octanol–water partition coefficient (Wildman–Crippen LogP) is 3.34. The van der Waals surface area contributed by atoms with Gasteiger partial charge in [0.25, 0.3) is 0 Å². The Labute approximate surface area is 109 Å². The molecule has 0 amide bonds. The number of hydrogen-bond acceptors (Lipinski definition) is 3. The summed E-state index contributed by atoms with van der Waals surface area (Å²) >= 11 is 0. The zero-order valence-corrected chi connectivity index (χ0v) is 11.0. The molecule has 3 heteroatoms. The van der Waals surface area contributed by atoms with Crippen molar-refractivity contribution in [3.8, 4) is 11.8 Å².